The second kappa shape index (κ2) is 6.88. The molecule has 1 atom stereocenters. The number of benzene rings is 1. The summed E-state index contributed by atoms with van der Waals surface area (Å²) in [5.41, 5.74) is 2.54. The van der Waals surface area contributed by atoms with E-state index < -0.39 is 0 Å². The van der Waals surface area contributed by atoms with Crippen molar-refractivity contribution in [1.29, 1.82) is 0 Å². The van der Waals surface area contributed by atoms with Crippen molar-refractivity contribution in [3.05, 3.63) is 59.4 Å². The third-order valence-corrected chi connectivity index (χ3v) is 3.50. The topological polar surface area (TPSA) is 51.2 Å². The van der Waals surface area contributed by atoms with Crippen molar-refractivity contribution in [2.45, 2.75) is 26.3 Å². The van der Waals surface area contributed by atoms with Crippen LogP contribution in [0.3, 0.4) is 0 Å². The Labute approximate surface area is 125 Å². The summed E-state index contributed by atoms with van der Waals surface area (Å²) in [5, 5.41) is 3.07. The number of aryl methyl sites for hydroxylation is 1. The average Bonchev–Trinajstić information content (AvgIpc) is 2.52. The van der Waals surface area contributed by atoms with Gasteiger partial charge >= 0.3 is 0 Å². The smallest absolute Gasteiger partial charge is 0.255 e. The number of carbonyl (C=O) groups is 1. The molecule has 2 aromatic rings. The second-order valence-electron chi connectivity index (χ2n) is 4.87. The van der Waals surface area contributed by atoms with Crippen molar-refractivity contribution in [3.8, 4) is 5.75 Å². The van der Waals surface area contributed by atoms with Crippen molar-refractivity contribution >= 4 is 5.91 Å². The van der Waals surface area contributed by atoms with Crippen LogP contribution in [0.25, 0.3) is 0 Å². The molecule has 1 aromatic carbocycles. The van der Waals surface area contributed by atoms with Crippen LogP contribution in [0.4, 0.5) is 0 Å². The number of nitrogens with one attached hydrogen (secondary N) is 1. The lowest BCUT2D eigenvalue weighted by Gasteiger charge is -2.19. The largest absolute Gasteiger partial charge is 0.496 e. The Morgan fingerprint density at radius 3 is 2.62 bits per heavy atom. The van der Waals surface area contributed by atoms with E-state index >= 15 is 0 Å². The summed E-state index contributed by atoms with van der Waals surface area (Å²) in [5.74, 6) is 0.477. The van der Waals surface area contributed by atoms with E-state index in [1.54, 1.807) is 25.6 Å². The van der Waals surface area contributed by atoms with Crippen LogP contribution in [0.1, 0.15) is 40.9 Å². The first-order valence-corrected chi connectivity index (χ1v) is 7.01. The van der Waals surface area contributed by atoms with Gasteiger partial charge in [0.15, 0.2) is 0 Å². The van der Waals surface area contributed by atoms with Gasteiger partial charge in [-0.3, -0.25) is 9.78 Å². The molecule has 1 heterocycles. The molecule has 4 heteroatoms. The van der Waals surface area contributed by atoms with Gasteiger partial charge in [0.25, 0.3) is 5.91 Å². The molecule has 0 aliphatic carbocycles. The number of ether oxygens (including phenoxy) is 1. The summed E-state index contributed by atoms with van der Waals surface area (Å²) >= 11 is 0. The number of hydrogen-bond acceptors (Lipinski definition) is 3. The zero-order valence-corrected chi connectivity index (χ0v) is 12.6. The highest BCUT2D eigenvalue weighted by molar-refractivity contribution is 5.98. The number of aromatic nitrogens is 1. The summed E-state index contributed by atoms with van der Waals surface area (Å²) in [6, 6.07) is 9.39. The minimum atomic E-state index is -0.117. The Bertz CT molecular complexity index is 611. The van der Waals surface area contributed by atoms with E-state index in [4.69, 9.17) is 4.74 Å². The second-order valence-corrected chi connectivity index (χ2v) is 4.87. The molecule has 0 aliphatic rings. The van der Waals surface area contributed by atoms with Crippen LogP contribution in [0.15, 0.2) is 42.7 Å². The predicted octanol–water partition coefficient (Wildman–Crippen LogP) is 3.28. The third kappa shape index (κ3) is 3.40. The highest BCUT2D eigenvalue weighted by Gasteiger charge is 2.18. The molecule has 1 amide bonds. The highest BCUT2D eigenvalue weighted by atomic mass is 16.5. The van der Waals surface area contributed by atoms with E-state index in [0.717, 1.165) is 17.5 Å². The van der Waals surface area contributed by atoms with Gasteiger partial charge in [-0.25, -0.2) is 0 Å². The maximum Gasteiger partial charge on any atom is 0.255 e. The molecule has 0 fully saturated rings. The third-order valence-electron chi connectivity index (χ3n) is 3.50. The van der Waals surface area contributed by atoms with Gasteiger partial charge in [0.05, 0.1) is 18.7 Å². The van der Waals surface area contributed by atoms with Crippen LogP contribution in [0.2, 0.25) is 0 Å². The average molecular weight is 284 g/mol. The van der Waals surface area contributed by atoms with Crippen molar-refractivity contribution in [1.82, 2.24) is 10.3 Å². The van der Waals surface area contributed by atoms with Gasteiger partial charge in [-0.2, -0.15) is 0 Å². The molecular weight excluding hydrogens is 264 g/mol. The lowest BCUT2D eigenvalue weighted by Crippen LogP contribution is -2.29. The molecule has 0 bridgehead atoms. The van der Waals surface area contributed by atoms with Gasteiger partial charge in [-0.15, -0.1) is 0 Å². The minimum Gasteiger partial charge on any atom is -0.496 e. The lowest BCUT2D eigenvalue weighted by atomic mass is 10.0. The fourth-order valence-electron chi connectivity index (χ4n) is 2.35. The van der Waals surface area contributed by atoms with Crippen molar-refractivity contribution in [2.75, 3.05) is 7.11 Å². The first-order valence-electron chi connectivity index (χ1n) is 7.01. The number of rotatable bonds is 5. The molecule has 110 valence electrons. The quantitative estimate of drug-likeness (QED) is 0.916. The van der Waals surface area contributed by atoms with E-state index in [9.17, 15) is 4.79 Å². The molecule has 2 rings (SSSR count). The summed E-state index contributed by atoms with van der Waals surface area (Å²) in [4.78, 5) is 16.6. The maximum atomic E-state index is 12.6. The monoisotopic (exact) mass is 284 g/mol. The SMILES string of the molecule is CCC(NC(=O)c1c(C)cccc1OC)c1ccncc1. The van der Waals surface area contributed by atoms with Gasteiger partial charge in [0.1, 0.15) is 5.75 Å². The molecule has 0 spiro atoms. The fraction of sp³-hybridized carbons (Fsp3) is 0.294. The lowest BCUT2D eigenvalue weighted by molar-refractivity contribution is 0.0932. The van der Waals surface area contributed by atoms with Crippen LogP contribution in [0.5, 0.6) is 5.75 Å². The fourth-order valence-corrected chi connectivity index (χ4v) is 2.35. The number of pyridine rings is 1. The Kier molecular flexibility index (Phi) is 4.93. The van der Waals surface area contributed by atoms with E-state index in [0.29, 0.717) is 11.3 Å². The molecule has 1 aromatic heterocycles. The normalized spacial score (nSPS) is 11.8. The van der Waals surface area contributed by atoms with Crippen molar-refractivity contribution in [3.63, 3.8) is 0 Å². The Balaban J connectivity index is 2.25. The summed E-state index contributed by atoms with van der Waals surface area (Å²) in [6.07, 6.45) is 4.28. The number of carbonyl (C=O) groups excluding carboxylic acids is 1. The molecule has 1 unspecified atom stereocenters. The standard InChI is InChI=1S/C17H20N2O2/c1-4-14(13-8-10-18-11-9-13)19-17(20)16-12(2)6-5-7-15(16)21-3/h5-11,14H,4H2,1-3H3,(H,19,20). The molecule has 1 N–H and O–H groups in total. The van der Waals surface area contributed by atoms with E-state index in [-0.39, 0.29) is 11.9 Å². The van der Waals surface area contributed by atoms with E-state index in [1.165, 1.54) is 0 Å². The van der Waals surface area contributed by atoms with Crippen LogP contribution in [-0.4, -0.2) is 18.0 Å². The van der Waals surface area contributed by atoms with Crippen molar-refractivity contribution < 1.29 is 9.53 Å². The van der Waals surface area contributed by atoms with Gasteiger partial charge in [0.2, 0.25) is 0 Å². The number of hydrogen-bond donors (Lipinski definition) is 1. The molecule has 0 saturated heterocycles. The molecule has 21 heavy (non-hydrogen) atoms. The van der Waals surface area contributed by atoms with E-state index in [2.05, 4.69) is 10.3 Å². The van der Waals surface area contributed by atoms with Crippen LogP contribution < -0.4 is 10.1 Å². The summed E-state index contributed by atoms with van der Waals surface area (Å²) in [7, 11) is 1.58. The number of methoxy groups -OCH3 is 1. The number of nitrogens with zero attached hydrogens (tertiary/aromatic N) is 1. The molecular formula is C17H20N2O2. The molecule has 0 radical (unpaired) electrons. The maximum absolute atomic E-state index is 12.6. The summed E-state index contributed by atoms with van der Waals surface area (Å²) in [6.45, 7) is 3.95. The highest BCUT2D eigenvalue weighted by Crippen LogP contribution is 2.23. The molecule has 0 aliphatic heterocycles. The zero-order valence-electron chi connectivity index (χ0n) is 12.6. The van der Waals surface area contributed by atoms with Gasteiger partial charge in [-0.1, -0.05) is 19.1 Å². The Morgan fingerprint density at radius 1 is 1.29 bits per heavy atom. The van der Waals surface area contributed by atoms with Crippen LogP contribution >= 0.6 is 0 Å². The Morgan fingerprint density at radius 2 is 2.00 bits per heavy atom. The van der Waals surface area contributed by atoms with Gasteiger partial charge in [0, 0.05) is 12.4 Å². The van der Waals surface area contributed by atoms with E-state index in [1.807, 2.05) is 38.1 Å². The van der Waals surface area contributed by atoms with Gasteiger partial charge in [-0.05, 0) is 42.7 Å². The van der Waals surface area contributed by atoms with Crippen LogP contribution in [0, 0.1) is 6.92 Å². The minimum absolute atomic E-state index is 0.0372. The molecule has 0 saturated carbocycles. The zero-order chi connectivity index (χ0) is 15.2. The van der Waals surface area contributed by atoms with Crippen molar-refractivity contribution in [2.24, 2.45) is 0 Å². The molecule has 4 nitrogen and oxygen atoms in total. The van der Waals surface area contributed by atoms with Gasteiger partial charge < -0.3 is 10.1 Å². The summed E-state index contributed by atoms with van der Waals surface area (Å²) < 4.78 is 5.30. The first kappa shape index (κ1) is 15.0. The first-order chi connectivity index (χ1) is 10.2. The van der Waals surface area contributed by atoms with Crippen LogP contribution in [-0.2, 0) is 0 Å². The number of amides is 1. The Hall–Kier alpha value is -2.36. The predicted molar refractivity (Wildman–Crippen MR) is 82.5 cm³/mol.